The zero-order valence-electron chi connectivity index (χ0n) is 8.55. The lowest BCUT2D eigenvalue weighted by Crippen LogP contribution is -2.07. The summed E-state index contributed by atoms with van der Waals surface area (Å²) in [5.41, 5.74) is 3.19. The lowest BCUT2D eigenvalue weighted by Gasteiger charge is -2.08. The number of aryl methyl sites for hydroxylation is 2. The summed E-state index contributed by atoms with van der Waals surface area (Å²) in [7, 11) is 0. The van der Waals surface area contributed by atoms with Gasteiger partial charge in [-0.2, -0.15) is 0 Å². The van der Waals surface area contributed by atoms with Gasteiger partial charge in [-0.1, -0.05) is 0 Å². The van der Waals surface area contributed by atoms with Crippen LogP contribution in [0.5, 0.6) is 0 Å². The molecule has 14 heavy (non-hydrogen) atoms. The van der Waals surface area contributed by atoms with E-state index in [4.69, 9.17) is 0 Å². The molecule has 0 saturated carbocycles. The molecular weight excluding hydrogens is 178 g/mol. The maximum atomic E-state index is 10.9. The van der Waals surface area contributed by atoms with Gasteiger partial charge in [0.15, 0.2) is 0 Å². The Bertz CT molecular complexity index is 383. The van der Waals surface area contributed by atoms with Crippen LogP contribution in [0.25, 0.3) is 0 Å². The van der Waals surface area contributed by atoms with E-state index in [1.165, 1.54) is 6.92 Å². The zero-order chi connectivity index (χ0) is 10.7. The maximum absolute atomic E-state index is 10.9. The highest BCUT2D eigenvalue weighted by Gasteiger charge is 2.04. The van der Waals surface area contributed by atoms with Gasteiger partial charge >= 0.3 is 0 Å². The molecule has 0 aliphatic rings. The van der Waals surface area contributed by atoms with Gasteiger partial charge in [0, 0.05) is 18.2 Å². The molecule has 1 rings (SSSR count). The Balaban J connectivity index is 3.14. The molecule has 0 heterocycles. The van der Waals surface area contributed by atoms with Gasteiger partial charge in [-0.25, -0.2) is 0 Å². The summed E-state index contributed by atoms with van der Waals surface area (Å²) in [6.45, 7) is 5.16. The van der Waals surface area contributed by atoms with Gasteiger partial charge in [-0.05, 0) is 37.1 Å². The Hall–Kier alpha value is -1.64. The fraction of sp³-hybridized carbons (Fsp3) is 0.273. The number of anilines is 1. The van der Waals surface area contributed by atoms with Crippen LogP contribution >= 0.6 is 0 Å². The van der Waals surface area contributed by atoms with Crippen LogP contribution in [0.3, 0.4) is 0 Å². The van der Waals surface area contributed by atoms with Gasteiger partial charge in [-0.3, -0.25) is 9.59 Å². The van der Waals surface area contributed by atoms with E-state index in [9.17, 15) is 9.59 Å². The minimum Gasteiger partial charge on any atom is -0.326 e. The first-order valence-corrected chi connectivity index (χ1v) is 4.38. The van der Waals surface area contributed by atoms with Crippen LogP contribution in [0.4, 0.5) is 5.69 Å². The number of nitrogens with one attached hydrogen (secondary N) is 1. The summed E-state index contributed by atoms with van der Waals surface area (Å²) in [5.74, 6) is -0.105. The number of hydrogen-bond donors (Lipinski definition) is 1. The Morgan fingerprint density at radius 1 is 1.29 bits per heavy atom. The van der Waals surface area contributed by atoms with Crippen molar-refractivity contribution in [3.8, 4) is 0 Å². The Morgan fingerprint density at radius 2 is 1.93 bits per heavy atom. The van der Waals surface area contributed by atoms with E-state index in [0.717, 1.165) is 23.1 Å². The number of aldehydes is 1. The Kier molecular flexibility index (Phi) is 3.02. The predicted octanol–water partition coefficient (Wildman–Crippen LogP) is 2.07. The molecular formula is C11H13NO2. The van der Waals surface area contributed by atoms with Gasteiger partial charge in [0.25, 0.3) is 0 Å². The highest BCUT2D eigenvalue weighted by atomic mass is 16.1. The second kappa shape index (κ2) is 4.05. The quantitative estimate of drug-likeness (QED) is 0.727. The fourth-order valence-corrected chi connectivity index (χ4v) is 1.29. The highest BCUT2D eigenvalue weighted by molar-refractivity contribution is 5.90. The Labute approximate surface area is 83.1 Å². The van der Waals surface area contributed by atoms with Crippen molar-refractivity contribution in [3.63, 3.8) is 0 Å². The van der Waals surface area contributed by atoms with Crippen LogP contribution in [0.2, 0.25) is 0 Å². The van der Waals surface area contributed by atoms with E-state index in [1.54, 1.807) is 12.1 Å². The normalized spacial score (nSPS) is 9.64. The van der Waals surface area contributed by atoms with Crippen molar-refractivity contribution < 1.29 is 9.59 Å². The number of carbonyl (C=O) groups excluding carboxylic acids is 2. The summed E-state index contributed by atoms with van der Waals surface area (Å²) in [6, 6.07) is 3.58. The molecule has 0 aromatic heterocycles. The monoisotopic (exact) mass is 191 g/mol. The molecule has 0 unspecified atom stereocenters. The van der Waals surface area contributed by atoms with Crippen molar-refractivity contribution >= 4 is 17.9 Å². The van der Waals surface area contributed by atoms with Crippen LogP contribution in [0.15, 0.2) is 12.1 Å². The van der Waals surface area contributed by atoms with E-state index >= 15 is 0 Å². The van der Waals surface area contributed by atoms with Gasteiger partial charge in [0.1, 0.15) is 6.29 Å². The van der Waals surface area contributed by atoms with Gasteiger partial charge in [-0.15, -0.1) is 0 Å². The van der Waals surface area contributed by atoms with E-state index in [-0.39, 0.29) is 5.91 Å². The number of carbonyl (C=O) groups is 2. The molecule has 0 atom stereocenters. The molecule has 1 amide bonds. The van der Waals surface area contributed by atoms with Crippen molar-refractivity contribution in [1.82, 2.24) is 0 Å². The lowest BCUT2D eigenvalue weighted by molar-refractivity contribution is -0.114. The van der Waals surface area contributed by atoms with E-state index in [2.05, 4.69) is 5.32 Å². The number of amides is 1. The number of hydrogen-bond acceptors (Lipinski definition) is 2. The zero-order valence-corrected chi connectivity index (χ0v) is 8.55. The van der Waals surface area contributed by atoms with Crippen LogP contribution in [0.1, 0.15) is 28.4 Å². The first-order chi connectivity index (χ1) is 6.54. The molecule has 0 fully saturated rings. The molecule has 3 nitrogen and oxygen atoms in total. The number of rotatable bonds is 2. The first kappa shape index (κ1) is 10.4. The summed E-state index contributed by atoms with van der Waals surface area (Å²) in [6.07, 6.45) is 0.819. The standard InChI is InChI=1S/C11H13NO2/c1-7-5-11(12-9(3)14)8(2)4-10(7)6-13/h4-6H,1-3H3,(H,12,14). The second-order valence-electron chi connectivity index (χ2n) is 3.32. The average Bonchev–Trinajstić information content (AvgIpc) is 2.10. The summed E-state index contributed by atoms with van der Waals surface area (Å²) < 4.78 is 0. The molecule has 0 bridgehead atoms. The predicted molar refractivity (Wildman–Crippen MR) is 55.6 cm³/mol. The minimum absolute atomic E-state index is 0.105. The third-order valence-corrected chi connectivity index (χ3v) is 2.05. The SMILES string of the molecule is CC(=O)Nc1cc(C)c(C=O)cc1C. The molecule has 0 saturated heterocycles. The van der Waals surface area contributed by atoms with Crippen LogP contribution < -0.4 is 5.32 Å². The van der Waals surface area contributed by atoms with Gasteiger partial charge in [0.05, 0.1) is 0 Å². The van der Waals surface area contributed by atoms with E-state index in [0.29, 0.717) is 5.56 Å². The molecule has 0 spiro atoms. The second-order valence-corrected chi connectivity index (χ2v) is 3.32. The van der Waals surface area contributed by atoms with E-state index < -0.39 is 0 Å². The molecule has 1 aromatic rings. The number of benzene rings is 1. The highest BCUT2D eigenvalue weighted by Crippen LogP contribution is 2.19. The van der Waals surface area contributed by atoms with Crippen LogP contribution in [-0.4, -0.2) is 12.2 Å². The fourth-order valence-electron chi connectivity index (χ4n) is 1.29. The summed E-state index contributed by atoms with van der Waals surface area (Å²) in [4.78, 5) is 21.5. The molecule has 0 aliphatic carbocycles. The minimum atomic E-state index is -0.105. The Morgan fingerprint density at radius 3 is 2.43 bits per heavy atom. The third kappa shape index (κ3) is 2.19. The van der Waals surface area contributed by atoms with Crippen molar-refractivity contribution in [1.29, 1.82) is 0 Å². The van der Waals surface area contributed by atoms with Crippen LogP contribution in [0, 0.1) is 13.8 Å². The summed E-state index contributed by atoms with van der Waals surface area (Å²) in [5, 5.41) is 2.71. The van der Waals surface area contributed by atoms with Crippen LogP contribution in [-0.2, 0) is 4.79 Å². The molecule has 1 aromatic carbocycles. The summed E-state index contributed by atoms with van der Waals surface area (Å²) >= 11 is 0. The first-order valence-electron chi connectivity index (χ1n) is 4.38. The van der Waals surface area contributed by atoms with Gasteiger partial charge in [0.2, 0.25) is 5.91 Å². The molecule has 1 N–H and O–H groups in total. The maximum Gasteiger partial charge on any atom is 0.221 e. The topological polar surface area (TPSA) is 46.2 Å². The lowest BCUT2D eigenvalue weighted by atomic mass is 10.0. The molecule has 0 aliphatic heterocycles. The smallest absolute Gasteiger partial charge is 0.221 e. The molecule has 74 valence electrons. The molecule has 0 radical (unpaired) electrons. The largest absolute Gasteiger partial charge is 0.326 e. The molecule has 3 heteroatoms. The average molecular weight is 191 g/mol. The van der Waals surface area contributed by atoms with Gasteiger partial charge < -0.3 is 5.32 Å². The van der Waals surface area contributed by atoms with Crippen molar-refractivity contribution in [2.45, 2.75) is 20.8 Å². The van der Waals surface area contributed by atoms with Crippen molar-refractivity contribution in [3.05, 3.63) is 28.8 Å². The van der Waals surface area contributed by atoms with Crippen molar-refractivity contribution in [2.75, 3.05) is 5.32 Å². The third-order valence-electron chi connectivity index (χ3n) is 2.05. The van der Waals surface area contributed by atoms with Crippen molar-refractivity contribution in [2.24, 2.45) is 0 Å². The van der Waals surface area contributed by atoms with E-state index in [1.807, 2.05) is 13.8 Å².